The van der Waals surface area contributed by atoms with E-state index in [4.69, 9.17) is 0 Å². The third-order valence-corrected chi connectivity index (χ3v) is 6.48. The molecule has 3 aromatic carbocycles. The van der Waals surface area contributed by atoms with Crippen molar-refractivity contribution in [2.75, 3.05) is 11.9 Å². The fourth-order valence-electron chi connectivity index (χ4n) is 2.97. The first-order chi connectivity index (χ1) is 15.1. The molecule has 0 unspecified atom stereocenters. The molecule has 1 amide bonds. The summed E-state index contributed by atoms with van der Waals surface area (Å²) in [6, 6.07) is 18.9. The first-order valence-electron chi connectivity index (χ1n) is 9.63. The summed E-state index contributed by atoms with van der Waals surface area (Å²) in [6.07, 6.45) is -4.49. The van der Waals surface area contributed by atoms with Crippen molar-refractivity contribution in [3.63, 3.8) is 0 Å². The highest BCUT2D eigenvalue weighted by molar-refractivity contribution is 7.89. The van der Waals surface area contributed by atoms with Crippen LogP contribution in [0.15, 0.2) is 83.8 Å². The number of nitrogens with zero attached hydrogens (tertiary/aromatic N) is 1. The second-order valence-electron chi connectivity index (χ2n) is 7.20. The second-order valence-corrected chi connectivity index (χ2v) is 9.13. The van der Waals surface area contributed by atoms with Crippen LogP contribution in [0.5, 0.6) is 0 Å². The van der Waals surface area contributed by atoms with E-state index in [1.165, 1.54) is 12.1 Å². The molecule has 3 rings (SSSR count). The van der Waals surface area contributed by atoms with Gasteiger partial charge >= 0.3 is 6.18 Å². The minimum atomic E-state index is -4.49. The maximum absolute atomic E-state index is 13.2. The summed E-state index contributed by atoms with van der Waals surface area (Å²) >= 11 is 0. The lowest BCUT2D eigenvalue weighted by molar-refractivity contribution is -0.137. The average Bonchev–Trinajstić information content (AvgIpc) is 2.75. The fraction of sp³-hybridized carbons (Fsp3) is 0.174. The molecule has 32 heavy (non-hydrogen) atoms. The molecular formula is C23H21F3N2O3S. The van der Waals surface area contributed by atoms with Crippen LogP contribution in [0.4, 0.5) is 18.9 Å². The number of benzene rings is 3. The molecule has 0 aliphatic rings. The van der Waals surface area contributed by atoms with Gasteiger partial charge in [0.1, 0.15) is 0 Å². The van der Waals surface area contributed by atoms with Gasteiger partial charge in [0, 0.05) is 12.2 Å². The Bertz CT molecular complexity index is 1160. The maximum atomic E-state index is 13.2. The van der Waals surface area contributed by atoms with Crippen molar-refractivity contribution < 1.29 is 26.4 Å². The Morgan fingerprint density at radius 1 is 0.906 bits per heavy atom. The van der Waals surface area contributed by atoms with Crippen LogP contribution in [0.1, 0.15) is 16.7 Å². The van der Waals surface area contributed by atoms with Crippen LogP contribution < -0.4 is 5.32 Å². The molecule has 0 radical (unpaired) electrons. The third-order valence-electron chi connectivity index (χ3n) is 4.68. The van der Waals surface area contributed by atoms with Crippen molar-refractivity contribution in [1.82, 2.24) is 4.31 Å². The predicted molar refractivity (Wildman–Crippen MR) is 115 cm³/mol. The van der Waals surface area contributed by atoms with E-state index >= 15 is 0 Å². The lowest BCUT2D eigenvalue weighted by atomic mass is 10.1. The lowest BCUT2D eigenvalue weighted by Gasteiger charge is -2.22. The van der Waals surface area contributed by atoms with Crippen LogP contribution in [0.2, 0.25) is 0 Å². The highest BCUT2D eigenvalue weighted by Gasteiger charge is 2.30. The van der Waals surface area contributed by atoms with Gasteiger partial charge in [-0.05, 0) is 48.9 Å². The van der Waals surface area contributed by atoms with Gasteiger partial charge in [0.25, 0.3) is 0 Å². The number of carbonyl (C=O) groups excluding carboxylic acids is 1. The van der Waals surface area contributed by atoms with E-state index in [1.807, 2.05) is 19.1 Å². The highest BCUT2D eigenvalue weighted by Crippen LogP contribution is 2.29. The minimum Gasteiger partial charge on any atom is -0.325 e. The second kappa shape index (κ2) is 9.54. The molecule has 0 aliphatic carbocycles. The van der Waals surface area contributed by atoms with Crippen molar-refractivity contribution in [2.24, 2.45) is 0 Å². The number of aryl methyl sites for hydroxylation is 1. The third kappa shape index (κ3) is 5.95. The number of carbonyl (C=O) groups is 1. The summed E-state index contributed by atoms with van der Waals surface area (Å²) in [5, 5.41) is 2.46. The summed E-state index contributed by atoms with van der Waals surface area (Å²) in [6.45, 7) is 1.35. The van der Waals surface area contributed by atoms with Gasteiger partial charge < -0.3 is 5.32 Å². The van der Waals surface area contributed by atoms with E-state index in [0.29, 0.717) is 5.56 Å². The van der Waals surface area contributed by atoms with E-state index in [9.17, 15) is 26.4 Å². The zero-order valence-electron chi connectivity index (χ0n) is 17.1. The van der Waals surface area contributed by atoms with Crippen molar-refractivity contribution in [1.29, 1.82) is 0 Å². The van der Waals surface area contributed by atoms with Gasteiger partial charge in [0.15, 0.2) is 0 Å². The van der Waals surface area contributed by atoms with Crippen LogP contribution in [0.25, 0.3) is 0 Å². The average molecular weight is 462 g/mol. The number of nitrogens with one attached hydrogen (secondary N) is 1. The van der Waals surface area contributed by atoms with Crippen molar-refractivity contribution in [3.8, 4) is 0 Å². The molecule has 5 nitrogen and oxygen atoms in total. The summed E-state index contributed by atoms with van der Waals surface area (Å²) in [7, 11) is -4.00. The topological polar surface area (TPSA) is 66.5 Å². The van der Waals surface area contributed by atoms with E-state index in [-0.39, 0.29) is 17.1 Å². The van der Waals surface area contributed by atoms with Crippen molar-refractivity contribution in [3.05, 3.63) is 95.6 Å². The standard InChI is InChI=1S/C23H21F3N2O3S/c1-17-7-9-18(10-8-17)15-28(32(30,31)21-5-3-2-4-6-21)16-22(29)27-20-13-11-19(12-14-20)23(24,25)26/h2-14H,15-16H2,1H3,(H,27,29). The van der Waals surface area contributed by atoms with E-state index in [2.05, 4.69) is 5.32 Å². The highest BCUT2D eigenvalue weighted by atomic mass is 32.2. The number of sulfonamides is 1. The lowest BCUT2D eigenvalue weighted by Crippen LogP contribution is -2.37. The van der Waals surface area contributed by atoms with Gasteiger partial charge in [-0.15, -0.1) is 0 Å². The van der Waals surface area contributed by atoms with Crippen molar-refractivity contribution >= 4 is 21.6 Å². The smallest absolute Gasteiger partial charge is 0.325 e. The zero-order chi connectivity index (χ0) is 23.4. The summed E-state index contributed by atoms with van der Waals surface area (Å²) < 4.78 is 65.5. The largest absolute Gasteiger partial charge is 0.416 e. The molecule has 0 atom stereocenters. The van der Waals surface area contributed by atoms with Crippen LogP contribution in [0, 0.1) is 6.92 Å². The first-order valence-corrected chi connectivity index (χ1v) is 11.1. The van der Waals surface area contributed by atoms with Crippen LogP contribution in [-0.4, -0.2) is 25.2 Å². The Hall–Kier alpha value is -3.17. The maximum Gasteiger partial charge on any atom is 0.416 e. The number of hydrogen-bond acceptors (Lipinski definition) is 3. The summed E-state index contributed by atoms with van der Waals surface area (Å²) in [5.74, 6) is -0.670. The molecule has 9 heteroatoms. The van der Waals surface area contributed by atoms with E-state index < -0.39 is 34.2 Å². The minimum absolute atomic E-state index is 0.0365. The van der Waals surface area contributed by atoms with Gasteiger partial charge in [0.2, 0.25) is 15.9 Å². The molecular weight excluding hydrogens is 441 g/mol. The molecule has 0 saturated heterocycles. The van der Waals surface area contributed by atoms with E-state index in [1.54, 1.807) is 30.3 Å². The SMILES string of the molecule is Cc1ccc(CN(CC(=O)Nc2ccc(C(F)(F)F)cc2)S(=O)(=O)c2ccccc2)cc1. The molecule has 0 fully saturated rings. The molecule has 0 aromatic heterocycles. The molecule has 0 aliphatic heterocycles. The van der Waals surface area contributed by atoms with Crippen LogP contribution in [-0.2, 0) is 27.5 Å². The first kappa shape index (κ1) is 23.5. The van der Waals surface area contributed by atoms with Crippen molar-refractivity contribution in [2.45, 2.75) is 24.5 Å². The quantitative estimate of drug-likeness (QED) is 0.546. The summed E-state index contributed by atoms with van der Waals surface area (Å²) in [5.41, 5.74) is 0.988. The van der Waals surface area contributed by atoms with Gasteiger partial charge in [-0.25, -0.2) is 8.42 Å². The predicted octanol–water partition coefficient (Wildman–Crippen LogP) is 4.84. The van der Waals surface area contributed by atoms with Crippen LogP contribution >= 0.6 is 0 Å². The number of alkyl halides is 3. The van der Waals surface area contributed by atoms with Gasteiger partial charge in [0.05, 0.1) is 17.0 Å². The molecule has 1 N–H and O–H groups in total. The van der Waals surface area contributed by atoms with Gasteiger partial charge in [-0.2, -0.15) is 17.5 Å². The Balaban J connectivity index is 1.81. The normalized spacial score (nSPS) is 12.0. The van der Waals surface area contributed by atoms with E-state index in [0.717, 1.165) is 34.1 Å². The molecule has 0 spiro atoms. The van der Waals surface area contributed by atoms with Gasteiger partial charge in [-0.3, -0.25) is 4.79 Å². The number of hydrogen-bond donors (Lipinski definition) is 1. The molecule has 0 heterocycles. The molecule has 168 valence electrons. The number of amides is 1. The Kier molecular flexibility index (Phi) is 7.00. The Morgan fingerprint density at radius 2 is 1.50 bits per heavy atom. The number of anilines is 1. The van der Waals surface area contributed by atoms with Crippen LogP contribution in [0.3, 0.4) is 0 Å². The molecule has 0 bridgehead atoms. The Labute approximate surface area is 184 Å². The number of rotatable bonds is 7. The molecule has 0 saturated carbocycles. The Morgan fingerprint density at radius 3 is 2.06 bits per heavy atom. The molecule has 3 aromatic rings. The number of halogens is 3. The zero-order valence-corrected chi connectivity index (χ0v) is 18.0. The van der Waals surface area contributed by atoms with Gasteiger partial charge in [-0.1, -0.05) is 48.0 Å². The fourth-order valence-corrected chi connectivity index (χ4v) is 4.37. The summed E-state index contributed by atoms with van der Waals surface area (Å²) in [4.78, 5) is 12.6. The monoisotopic (exact) mass is 462 g/mol.